The molecule has 0 amide bonds. The van der Waals surface area contributed by atoms with Gasteiger partial charge in [-0.05, 0) is 23.8 Å². The lowest BCUT2D eigenvalue weighted by Gasteiger charge is -2.11. The van der Waals surface area contributed by atoms with Gasteiger partial charge in [0.05, 0.1) is 5.56 Å². The fourth-order valence-corrected chi connectivity index (χ4v) is 1.60. The van der Waals surface area contributed by atoms with E-state index in [-0.39, 0.29) is 16.6 Å². The SMILES string of the molecule is NCC(F)c1cc(Br)cc(C(F)(F)F)c1. The van der Waals surface area contributed by atoms with E-state index in [2.05, 4.69) is 15.9 Å². The molecule has 84 valence electrons. The third-order valence-corrected chi connectivity index (χ3v) is 2.27. The zero-order valence-electron chi connectivity index (χ0n) is 7.48. The van der Waals surface area contributed by atoms with Crippen molar-refractivity contribution in [3.8, 4) is 0 Å². The Morgan fingerprint density at radius 3 is 2.33 bits per heavy atom. The predicted octanol–water partition coefficient (Wildman–Crippen LogP) is 3.44. The van der Waals surface area contributed by atoms with Gasteiger partial charge in [0, 0.05) is 11.0 Å². The molecule has 0 saturated heterocycles. The Bertz CT molecular complexity index is 350. The molecule has 0 saturated carbocycles. The standard InChI is InChI=1S/C9H8BrF4N/c10-7-2-5(8(11)4-15)1-6(3-7)9(12,13)14/h1-3,8H,4,15H2. The average molecular weight is 286 g/mol. The lowest BCUT2D eigenvalue weighted by Crippen LogP contribution is -2.10. The third-order valence-electron chi connectivity index (χ3n) is 1.82. The number of rotatable bonds is 2. The van der Waals surface area contributed by atoms with Gasteiger partial charge in [-0.3, -0.25) is 0 Å². The maximum Gasteiger partial charge on any atom is 0.416 e. The van der Waals surface area contributed by atoms with Gasteiger partial charge in [-0.25, -0.2) is 4.39 Å². The number of hydrogen-bond acceptors (Lipinski definition) is 1. The van der Waals surface area contributed by atoms with Crippen molar-refractivity contribution in [2.45, 2.75) is 12.3 Å². The fraction of sp³-hybridized carbons (Fsp3) is 0.333. The molecule has 1 unspecified atom stereocenters. The molecule has 1 aromatic carbocycles. The van der Waals surface area contributed by atoms with Crippen LogP contribution in [0.1, 0.15) is 17.3 Å². The highest BCUT2D eigenvalue weighted by Gasteiger charge is 2.31. The van der Waals surface area contributed by atoms with Crippen molar-refractivity contribution in [1.82, 2.24) is 0 Å². The van der Waals surface area contributed by atoms with Gasteiger partial charge in [-0.15, -0.1) is 0 Å². The number of alkyl halides is 4. The number of benzene rings is 1. The topological polar surface area (TPSA) is 26.0 Å². The van der Waals surface area contributed by atoms with E-state index in [1.807, 2.05) is 0 Å². The Morgan fingerprint density at radius 1 is 1.27 bits per heavy atom. The van der Waals surface area contributed by atoms with Gasteiger partial charge < -0.3 is 5.73 Å². The molecule has 1 aromatic rings. The second kappa shape index (κ2) is 4.49. The minimum Gasteiger partial charge on any atom is -0.327 e. The molecule has 0 heterocycles. The molecule has 6 heteroatoms. The van der Waals surface area contributed by atoms with E-state index >= 15 is 0 Å². The van der Waals surface area contributed by atoms with Crippen molar-refractivity contribution < 1.29 is 17.6 Å². The van der Waals surface area contributed by atoms with Gasteiger partial charge in [0.2, 0.25) is 0 Å². The second-order valence-corrected chi connectivity index (χ2v) is 3.89. The quantitative estimate of drug-likeness (QED) is 0.828. The molecule has 0 spiro atoms. The zero-order chi connectivity index (χ0) is 11.6. The Kier molecular flexibility index (Phi) is 3.72. The van der Waals surface area contributed by atoms with Gasteiger partial charge in [0.15, 0.2) is 0 Å². The van der Waals surface area contributed by atoms with E-state index in [0.29, 0.717) is 0 Å². The molecular weight excluding hydrogens is 278 g/mol. The molecule has 0 aliphatic carbocycles. The Hall–Kier alpha value is -0.620. The number of halogens is 5. The van der Waals surface area contributed by atoms with Crippen LogP contribution in [0, 0.1) is 0 Å². The van der Waals surface area contributed by atoms with Crippen molar-refractivity contribution >= 4 is 15.9 Å². The van der Waals surface area contributed by atoms with Crippen LogP contribution in [0.2, 0.25) is 0 Å². The molecule has 15 heavy (non-hydrogen) atoms. The smallest absolute Gasteiger partial charge is 0.327 e. The minimum atomic E-state index is -4.48. The van der Waals surface area contributed by atoms with E-state index in [1.165, 1.54) is 6.07 Å². The van der Waals surface area contributed by atoms with E-state index in [9.17, 15) is 17.6 Å². The molecule has 1 rings (SSSR count). The normalized spacial score (nSPS) is 14.0. The van der Waals surface area contributed by atoms with Gasteiger partial charge >= 0.3 is 6.18 Å². The average Bonchev–Trinajstić information content (AvgIpc) is 2.14. The summed E-state index contributed by atoms with van der Waals surface area (Å²) in [4.78, 5) is 0. The Balaban J connectivity index is 3.17. The molecule has 0 bridgehead atoms. The minimum absolute atomic E-state index is 0.0702. The maximum absolute atomic E-state index is 13.1. The first-order valence-corrected chi connectivity index (χ1v) is 4.85. The van der Waals surface area contributed by atoms with Crippen molar-refractivity contribution in [3.63, 3.8) is 0 Å². The molecule has 2 N–H and O–H groups in total. The molecule has 0 aliphatic rings. The molecular formula is C9H8BrF4N. The summed E-state index contributed by atoms with van der Waals surface area (Å²) < 4.78 is 50.3. The molecule has 0 aliphatic heterocycles. The fourth-order valence-electron chi connectivity index (χ4n) is 1.09. The first-order valence-electron chi connectivity index (χ1n) is 4.06. The van der Waals surface area contributed by atoms with Crippen molar-refractivity contribution in [2.24, 2.45) is 5.73 Å². The lowest BCUT2D eigenvalue weighted by molar-refractivity contribution is -0.137. The summed E-state index contributed by atoms with van der Waals surface area (Å²) in [6.45, 7) is -0.340. The summed E-state index contributed by atoms with van der Waals surface area (Å²) in [6, 6.07) is 2.95. The van der Waals surface area contributed by atoms with Crippen LogP contribution in [0.3, 0.4) is 0 Å². The van der Waals surface area contributed by atoms with Gasteiger partial charge in [-0.1, -0.05) is 15.9 Å². The first kappa shape index (κ1) is 12.4. The summed E-state index contributed by atoms with van der Waals surface area (Å²) >= 11 is 2.90. The second-order valence-electron chi connectivity index (χ2n) is 2.97. The van der Waals surface area contributed by atoms with Crippen LogP contribution < -0.4 is 5.73 Å². The van der Waals surface area contributed by atoms with Crippen LogP contribution in [-0.4, -0.2) is 6.54 Å². The van der Waals surface area contributed by atoms with E-state index in [1.54, 1.807) is 0 Å². The van der Waals surface area contributed by atoms with Crippen LogP contribution in [0.25, 0.3) is 0 Å². The summed E-state index contributed by atoms with van der Waals surface area (Å²) in [7, 11) is 0. The van der Waals surface area contributed by atoms with Gasteiger partial charge in [0.25, 0.3) is 0 Å². The molecule has 0 aromatic heterocycles. The van der Waals surface area contributed by atoms with E-state index < -0.39 is 17.9 Å². The van der Waals surface area contributed by atoms with Crippen LogP contribution in [0.4, 0.5) is 17.6 Å². The van der Waals surface area contributed by atoms with Gasteiger partial charge in [0.1, 0.15) is 6.17 Å². The maximum atomic E-state index is 13.1. The third kappa shape index (κ3) is 3.17. The first-order chi connectivity index (χ1) is 6.84. The highest BCUT2D eigenvalue weighted by molar-refractivity contribution is 9.10. The van der Waals surface area contributed by atoms with Crippen LogP contribution >= 0.6 is 15.9 Å². The Labute approximate surface area is 92.4 Å². The van der Waals surface area contributed by atoms with Crippen molar-refractivity contribution in [1.29, 1.82) is 0 Å². The van der Waals surface area contributed by atoms with Crippen LogP contribution in [0.5, 0.6) is 0 Å². The van der Waals surface area contributed by atoms with Crippen LogP contribution in [-0.2, 0) is 6.18 Å². The molecule has 1 nitrogen and oxygen atoms in total. The molecule has 0 radical (unpaired) electrons. The summed E-state index contributed by atoms with van der Waals surface area (Å²) in [5.41, 5.74) is 4.09. The van der Waals surface area contributed by atoms with Crippen molar-refractivity contribution in [3.05, 3.63) is 33.8 Å². The number of hydrogen-bond donors (Lipinski definition) is 1. The predicted molar refractivity (Wildman–Crippen MR) is 52.0 cm³/mol. The zero-order valence-corrected chi connectivity index (χ0v) is 9.07. The molecule has 1 atom stereocenters. The highest BCUT2D eigenvalue weighted by Crippen LogP contribution is 2.33. The lowest BCUT2D eigenvalue weighted by atomic mass is 10.1. The molecule has 0 fully saturated rings. The van der Waals surface area contributed by atoms with Crippen molar-refractivity contribution in [2.75, 3.05) is 6.54 Å². The summed E-state index contributed by atoms with van der Waals surface area (Å²) in [6.07, 6.45) is -6.06. The van der Waals surface area contributed by atoms with E-state index in [0.717, 1.165) is 12.1 Å². The summed E-state index contributed by atoms with van der Waals surface area (Å²) in [5.74, 6) is 0. The summed E-state index contributed by atoms with van der Waals surface area (Å²) in [5, 5.41) is 0. The monoisotopic (exact) mass is 285 g/mol. The van der Waals surface area contributed by atoms with Crippen LogP contribution in [0.15, 0.2) is 22.7 Å². The van der Waals surface area contributed by atoms with E-state index in [4.69, 9.17) is 5.73 Å². The number of nitrogens with two attached hydrogens (primary N) is 1. The highest BCUT2D eigenvalue weighted by atomic mass is 79.9. The van der Waals surface area contributed by atoms with Gasteiger partial charge in [-0.2, -0.15) is 13.2 Å². The Morgan fingerprint density at radius 2 is 1.87 bits per heavy atom. The largest absolute Gasteiger partial charge is 0.416 e.